The van der Waals surface area contributed by atoms with Gasteiger partial charge in [0.2, 0.25) is 0 Å². The van der Waals surface area contributed by atoms with Gasteiger partial charge in [0.05, 0.1) is 18.4 Å². The summed E-state index contributed by atoms with van der Waals surface area (Å²) in [6.45, 7) is 1.96. The highest BCUT2D eigenvalue weighted by atomic mass is 16.5. The van der Waals surface area contributed by atoms with Crippen molar-refractivity contribution in [3.63, 3.8) is 0 Å². The van der Waals surface area contributed by atoms with Gasteiger partial charge in [-0.1, -0.05) is 12.1 Å². The summed E-state index contributed by atoms with van der Waals surface area (Å²) in [7, 11) is 0. The number of benzene rings is 1. The molecule has 6 heteroatoms. The molecule has 0 spiro atoms. The van der Waals surface area contributed by atoms with Crippen LogP contribution in [0.1, 0.15) is 22.8 Å². The number of rotatable bonds is 4. The van der Waals surface area contributed by atoms with E-state index in [4.69, 9.17) is 5.11 Å². The minimum absolute atomic E-state index is 0.195. The van der Waals surface area contributed by atoms with Gasteiger partial charge in [0, 0.05) is 0 Å². The highest BCUT2D eigenvalue weighted by Crippen LogP contribution is 2.02. The van der Waals surface area contributed by atoms with Crippen molar-refractivity contribution in [2.24, 2.45) is 5.10 Å². The number of hydrogen-bond donors (Lipinski definition) is 2. The molecule has 90 valence electrons. The Labute approximate surface area is 97.9 Å². The van der Waals surface area contributed by atoms with Crippen molar-refractivity contribution in [1.82, 2.24) is 5.43 Å². The normalized spacial score (nSPS) is 10.2. The van der Waals surface area contributed by atoms with E-state index in [1.54, 1.807) is 19.1 Å². The van der Waals surface area contributed by atoms with E-state index in [0.717, 1.165) is 0 Å². The van der Waals surface area contributed by atoms with E-state index in [9.17, 15) is 9.59 Å². The van der Waals surface area contributed by atoms with Crippen LogP contribution in [0.4, 0.5) is 4.79 Å². The molecule has 0 aliphatic heterocycles. The summed E-state index contributed by atoms with van der Waals surface area (Å²) in [5.41, 5.74) is 3.03. The quantitative estimate of drug-likeness (QED) is 0.612. The number of ether oxygens (including phenoxy) is 1. The van der Waals surface area contributed by atoms with E-state index >= 15 is 0 Å². The molecule has 1 aromatic rings. The average Bonchev–Trinajstić information content (AvgIpc) is 2.30. The minimum Gasteiger partial charge on any atom is -0.478 e. The third-order valence-corrected chi connectivity index (χ3v) is 1.80. The fraction of sp³-hybridized carbons (Fsp3) is 0.182. The highest BCUT2D eigenvalue weighted by molar-refractivity contribution is 5.89. The van der Waals surface area contributed by atoms with E-state index in [1.807, 2.05) is 0 Å². The third-order valence-electron chi connectivity index (χ3n) is 1.80. The summed E-state index contributed by atoms with van der Waals surface area (Å²) in [4.78, 5) is 21.4. The first-order valence-electron chi connectivity index (χ1n) is 4.92. The Morgan fingerprint density at radius 1 is 1.41 bits per heavy atom. The Hall–Kier alpha value is -2.37. The molecule has 6 nitrogen and oxygen atoms in total. The summed E-state index contributed by atoms with van der Waals surface area (Å²) in [6.07, 6.45) is 0.758. The molecule has 1 aromatic carbocycles. The lowest BCUT2D eigenvalue weighted by Gasteiger charge is -1.99. The molecular formula is C11H12N2O4. The van der Waals surface area contributed by atoms with Crippen molar-refractivity contribution in [2.75, 3.05) is 6.61 Å². The second kappa shape index (κ2) is 6.26. The standard InChI is InChI=1S/C11H12N2O4/c1-2-17-11(16)13-12-7-8-3-5-9(6-4-8)10(14)15/h3-7H,2H2,1H3,(H,13,16)(H,14,15)/b12-7-. The fourth-order valence-corrected chi connectivity index (χ4v) is 1.03. The molecule has 0 aliphatic carbocycles. The predicted molar refractivity (Wildman–Crippen MR) is 61.2 cm³/mol. The summed E-state index contributed by atoms with van der Waals surface area (Å²) in [5, 5.41) is 12.3. The molecule has 1 amide bonds. The Morgan fingerprint density at radius 2 is 2.06 bits per heavy atom. The number of carboxylic acid groups (broad SMARTS) is 1. The van der Waals surface area contributed by atoms with Crippen molar-refractivity contribution in [1.29, 1.82) is 0 Å². The molecule has 0 unspecified atom stereocenters. The zero-order valence-electron chi connectivity index (χ0n) is 9.21. The number of aromatic carboxylic acids is 1. The Morgan fingerprint density at radius 3 is 2.59 bits per heavy atom. The molecule has 0 radical (unpaired) electrons. The predicted octanol–water partition coefficient (Wildman–Crippen LogP) is 1.46. The summed E-state index contributed by atoms with van der Waals surface area (Å²) in [6, 6.07) is 6.07. The highest BCUT2D eigenvalue weighted by Gasteiger charge is 2.00. The Bertz CT molecular complexity index is 426. The van der Waals surface area contributed by atoms with Crippen LogP contribution < -0.4 is 5.43 Å². The number of nitrogens with one attached hydrogen (secondary N) is 1. The Balaban J connectivity index is 2.54. The van der Waals surface area contributed by atoms with Crippen LogP contribution in [0.3, 0.4) is 0 Å². The molecule has 0 aliphatic rings. The molecule has 17 heavy (non-hydrogen) atoms. The maximum atomic E-state index is 10.9. The lowest BCUT2D eigenvalue weighted by atomic mass is 10.1. The van der Waals surface area contributed by atoms with E-state index in [2.05, 4.69) is 15.3 Å². The number of carboxylic acids is 1. The summed E-state index contributed by atoms with van der Waals surface area (Å²) < 4.78 is 4.59. The first-order valence-corrected chi connectivity index (χ1v) is 4.92. The molecule has 0 saturated heterocycles. The lowest BCUT2D eigenvalue weighted by Crippen LogP contribution is -2.18. The van der Waals surface area contributed by atoms with Crippen molar-refractivity contribution in [3.8, 4) is 0 Å². The number of amides is 1. The van der Waals surface area contributed by atoms with Gasteiger partial charge in [-0.2, -0.15) is 5.10 Å². The van der Waals surface area contributed by atoms with Crippen LogP contribution in [-0.2, 0) is 4.74 Å². The van der Waals surface area contributed by atoms with Crippen LogP contribution in [0.2, 0.25) is 0 Å². The smallest absolute Gasteiger partial charge is 0.427 e. The maximum Gasteiger partial charge on any atom is 0.427 e. The molecule has 0 atom stereocenters. The van der Waals surface area contributed by atoms with Crippen LogP contribution in [0.15, 0.2) is 29.4 Å². The molecular weight excluding hydrogens is 224 g/mol. The Kier molecular flexibility index (Phi) is 4.68. The second-order valence-corrected chi connectivity index (χ2v) is 3.02. The molecule has 2 N–H and O–H groups in total. The maximum absolute atomic E-state index is 10.9. The van der Waals surface area contributed by atoms with Crippen LogP contribution in [0, 0.1) is 0 Å². The van der Waals surface area contributed by atoms with Crippen LogP contribution in [-0.4, -0.2) is 30.0 Å². The topological polar surface area (TPSA) is 88.0 Å². The van der Waals surface area contributed by atoms with Crippen molar-refractivity contribution in [3.05, 3.63) is 35.4 Å². The number of hydrogen-bond acceptors (Lipinski definition) is 4. The van der Waals surface area contributed by atoms with E-state index in [0.29, 0.717) is 5.56 Å². The number of hydrazone groups is 1. The van der Waals surface area contributed by atoms with Crippen molar-refractivity contribution in [2.45, 2.75) is 6.92 Å². The molecule has 0 aromatic heterocycles. The first-order chi connectivity index (χ1) is 8.13. The zero-order valence-corrected chi connectivity index (χ0v) is 9.21. The first kappa shape index (κ1) is 12.7. The second-order valence-electron chi connectivity index (χ2n) is 3.02. The van der Waals surface area contributed by atoms with Gasteiger partial charge in [0.15, 0.2) is 0 Å². The summed E-state index contributed by atoms with van der Waals surface area (Å²) >= 11 is 0. The number of carbonyl (C=O) groups is 2. The van der Waals surface area contributed by atoms with Gasteiger partial charge in [-0.15, -0.1) is 0 Å². The van der Waals surface area contributed by atoms with Gasteiger partial charge in [0.25, 0.3) is 0 Å². The fourth-order valence-electron chi connectivity index (χ4n) is 1.03. The molecule has 0 heterocycles. The largest absolute Gasteiger partial charge is 0.478 e. The van der Waals surface area contributed by atoms with Gasteiger partial charge in [0.1, 0.15) is 0 Å². The van der Waals surface area contributed by atoms with Gasteiger partial charge in [-0.3, -0.25) is 0 Å². The van der Waals surface area contributed by atoms with E-state index in [-0.39, 0.29) is 12.2 Å². The van der Waals surface area contributed by atoms with Gasteiger partial charge >= 0.3 is 12.1 Å². The lowest BCUT2D eigenvalue weighted by molar-refractivity contribution is 0.0697. The summed E-state index contributed by atoms with van der Waals surface area (Å²) in [5.74, 6) is -0.988. The van der Waals surface area contributed by atoms with Crippen molar-refractivity contribution < 1.29 is 19.4 Å². The molecule has 1 rings (SSSR count). The molecule has 0 bridgehead atoms. The van der Waals surface area contributed by atoms with E-state index in [1.165, 1.54) is 18.3 Å². The molecule has 0 fully saturated rings. The minimum atomic E-state index is -0.988. The average molecular weight is 236 g/mol. The van der Waals surface area contributed by atoms with Gasteiger partial charge in [-0.25, -0.2) is 15.0 Å². The molecule has 0 saturated carbocycles. The van der Waals surface area contributed by atoms with Crippen LogP contribution >= 0.6 is 0 Å². The van der Waals surface area contributed by atoms with Crippen molar-refractivity contribution >= 4 is 18.3 Å². The monoisotopic (exact) mass is 236 g/mol. The van der Waals surface area contributed by atoms with Crippen LogP contribution in [0.5, 0.6) is 0 Å². The third kappa shape index (κ3) is 4.33. The van der Waals surface area contributed by atoms with E-state index < -0.39 is 12.1 Å². The van der Waals surface area contributed by atoms with Gasteiger partial charge in [-0.05, 0) is 24.6 Å². The zero-order chi connectivity index (χ0) is 12.7. The SMILES string of the molecule is CCOC(=O)N/N=C\c1ccc(C(=O)O)cc1. The number of carbonyl (C=O) groups excluding carboxylic acids is 1. The van der Waals surface area contributed by atoms with Gasteiger partial charge < -0.3 is 9.84 Å². The van der Waals surface area contributed by atoms with Crippen LogP contribution in [0.25, 0.3) is 0 Å². The number of nitrogens with zero attached hydrogens (tertiary/aromatic N) is 1.